The Morgan fingerprint density at radius 2 is 1.86 bits per heavy atom. The molecule has 21 heavy (non-hydrogen) atoms. The van der Waals surface area contributed by atoms with Crippen LogP contribution in [0.3, 0.4) is 0 Å². The first kappa shape index (κ1) is 18.0. The summed E-state index contributed by atoms with van der Waals surface area (Å²) in [5.41, 5.74) is 5.97. The smallest absolute Gasteiger partial charge is 0.244 e. The first-order valence-electron chi connectivity index (χ1n) is 6.96. The van der Waals surface area contributed by atoms with Crippen LogP contribution in [0.15, 0.2) is 23.1 Å². The van der Waals surface area contributed by atoms with Crippen molar-refractivity contribution < 1.29 is 8.42 Å². The molecule has 0 spiro atoms. The Hall–Kier alpha value is -1.06. The van der Waals surface area contributed by atoms with E-state index in [0.717, 1.165) is 12.8 Å². The molecule has 1 aromatic rings. The zero-order valence-corrected chi connectivity index (χ0v) is 14.0. The van der Waals surface area contributed by atoms with Crippen molar-refractivity contribution in [2.45, 2.75) is 31.6 Å². The van der Waals surface area contributed by atoms with Gasteiger partial charge >= 0.3 is 0 Å². The average Bonchev–Trinajstić information content (AvgIpc) is 2.44. The van der Waals surface area contributed by atoms with Crippen molar-refractivity contribution in [2.75, 3.05) is 19.6 Å². The summed E-state index contributed by atoms with van der Waals surface area (Å²) in [6.45, 7) is 5.12. The highest BCUT2D eigenvalue weighted by molar-refractivity contribution is 7.89. The Morgan fingerprint density at radius 1 is 1.24 bits per heavy atom. The summed E-state index contributed by atoms with van der Waals surface area (Å²) in [5, 5.41) is 0.191. The molecule has 0 saturated carbocycles. The van der Waals surface area contributed by atoms with Gasteiger partial charge in [0.05, 0.1) is 11.6 Å². The first-order chi connectivity index (χ1) is 9.97. The lowest BCUT2D eigenvalue weighted by molar-refractivity contribution is 0.410. The third-order valence-electron chi connectivity index (χ3n) is 2.83. The SMILES string of the molecule is CCCN(CCC)S(=O)(=O)c1ccc(C#CCN)cc1Cl. The minimum absolute atomic E-state index is 0.129. The Bertz CT molecular complexity index is 627. The van der Waals surface area contributed by atoms with Crippen molar-refractivity contribution in [1.29, 1.82) is 0 Å². The van der Waals surface area contributed by atoms with Gasteiger partial charge in [0.25, 0.3) is 0 Å². The van der Waals surface area contributed by atoms with Crippen LogP contribution >= 0.6 is 11.6 Å². The molecule has 0 saturated heterocycles. The molecule has 116 valence electrons. The fourth-order valence-corrected chi connectivity index (χ4v) is 4.07. The monoisotopic (exact) mass is 328 g/mol. The predicted molar refractivity (Wildman–Crippen MR) is 86.7 cm³/mol. The molecule has 0 aliphatic rings. The predicted octanol–water partition coefficient (Wildman–Crippen LogP) is 2.46. The van der Waals surface area contributed by atoms with E-state index in [1.54, 1.807) is 12.1 Å². The molecule has 0 fully saturated rings. The minimum atomic E-state index is -3.56. The maximum absolute atomic E-state index is 12.6. The normalized spacial score (nSPS) is 11.3. The van der Waals surface area contributed by atoms with Crippen LogP contribution < -0.4 is 5.73 Å². The van der Waals surface area contributed by atoms with Gasteiger partial charge in [-0.25, -0.2) is 8.42 Å². The van der Waals surface area contributed by atoms with E-state index in [0.29, 0.717) is 18.7 Å². The van der Waals surface area contributed by atoms with Crippen LogP contribution in [0.5, 0.6) is 0 Å². The lowest BCUT2D eigenvalue weighted by atomic mass is 10.2. The van der Waals surface area contributed by atoms with E-state index in [9.17, 15) is 8.42 Å². The summed E-state index contributed by atoms with van der Waals surface area (Å²) in [4.78, 5) is 0.129. The quantitative estimate of drug-likeness (QED) is 0.816. The molecule has 0 unspecified atom stereocenters. The average molecular weight is 329 g/mol. The summed E-state index contributed by atoms with van der Waals surface area (Å²) in [6, 6.07) is 4.72. The Morgan fingerprint density at radius 3 is 2.33 bits per heavy atom. The largest absolute Gasteiger partial charge is 0.320 e. The van der Waals surface area contributed by atoms with Gasteiger partial charge in [-0.2, -0.15) is 4.31 Å². The molecule has 0 atom stereocenters. The van der Waals surface area contributed by atoms with E-state index < -0.39 is 10.0 Å². The molecule has 4 nitrogen and oxygen atoms in total. The van der Waals surface area contributed by atoms with Gasteiger partial charge in [-0.1, -0.05) is 37.3 Å². The van der Waals surface area contributed by atoms with E-state index in [1.807, 2.05) is 13.8 Å². The van der Waals surface area contributed by atoms with Gasteiger partial charge in [0.1, 0.15) is 4.90 Å². The maximum atomic E-state index is 12.6. The summed E-state index contributed by atoms with van der Waals surface area (Å²) in [5.74, 6) is 5.55. The standard InChI is InChI=1S/C15H21ClN2O2S/c1-3-10-18(11-4-2)21(19,20)15-8-7-13(6-5-9-17)12-14(15)16/h7-8,12H,3-4,9-11,17H2,1-2H3. The number of rotatable bonds is 6. The molecule has 0 bridgehead atoms. The van der Waals surface area contributed by atoms with Crippen LogP contribution in [0.4, 0.5) is 0 Å². The van der Waals surface area contributed by atoms with Crippen LogP contribution in [0.1, 0.15) is 32.3 Å². The number of benzene rings is 1. The van der Waals surface area contributed by atoms with Gasteiger partial charge < -0.3 is 5.73 Å². The second-order valence-corrected chi connectivity index (χ2v) is 6.87. The molecule has 0 aromatic heterocycles. The molecule has 1 rings (SSSR count). The van der Waals surface area contributed by atoms with E-state index in [4.69, 9.17) is 17.3 Å². The van der Waals surface area contributed by atoms with Crippen LogP contribution in [0.2, 0.25) is 5.02 Å². The van der Waals surface area contributed by atoms with E-state index in [2.05, 4.69) is 11.8 Å². The van der Waals surface area contributed by atoms with E-state index >= 15 is 0 Å². The summed E-state index contributed by atoms with van der Waals surface area (Å²) >= 11 is 6.13. The Balaban J connectivity index is 3.18. The number of nitrogens with zero attached hydrogens (tertiary/aromatic N) is 1. The van der Waals surface area contributed by atoms with Crippen LogP contribution in [0, 0.1) is 11.8 Å². The summed E-state index contributed by atoms with van der Waals surface area (Å²) < 4.78 is 26.8. The van der Waals surface area contributed by atoms with Gasteiger partial charge in [0, 0.05) is 18.7 Å². The highest BCUT2D eigenvalue weighted by atomic mass is 35.5. The molecular weight excluding hydrogens is 308 g/mol. The molecule has 0 heterocycles. The van der Waals surface area contributed by atoms with Gasteiger partial charge in [-0.15, -0.1) is 0 Å². The third kappa shape index (κ3) is 4.72. The Labute approximate surface area is 132 Å². The molecule has 2 N–H and O–H groups in total. The van der Waals surface area contributed by atoms with Crippen molar-refractivity contribution in [3.05, 3.63) is 28.8 Å². The number of nitrogens with two attached hydrogens (primary N) is 1. The van der Waals surface area contributed by atoms with Crippen molar-refractivity contribution in [3.8, 4) is 11.8 Å². The second-order valence-electron chi connectivity index (χ2n) is 4.56. The third-order valence-corrected chi connectivity index (χ3v) is 5.21. The van der Waals surface area contributed by atoms with Crippen LogP contribution in [-0.4, -0.2) is 32.4 Å². The first-order valence-corrected chi connectivity index (χ1v) is 8.77. The molecule has 0 radical (unpaired) electrons. The van der Waals surface area contributed by atoms with Crippen molar-refractivity contribution in [1.82, 2.24) is 4.31 Å². The number of hydrogen-bond acceptors (Lipinski definition) is 3. The molecule has 0 aliphatic carbocycles. The number of sulfonamides is 1. The van der Waals surface area contributed by atoms with Gasteiger partial charge in [-0.3, -0.25) is 0 Å². The second kappa shape index (κ2) is 8.40. The number of halogens is 1. The molecule has 0 aliphatic heterocycles. The summed E-state index contributed by atoms with van der Waals surface area (Å²) in [7, 11) is -3.56. The van der Waals surface area contributed by atoms with E-state index in [-0.39, 0.29) is 16.5 Å². The van der Waals surface area contributed by atoms with Crippen LogP contribution in [0.25, 0.3) is 0 Å². The lowest BCUT2D eigenvalue weighted by Crippen LogP contribution is -2.32. The zero-order chi connectivity index (χ0) is 15.9. The van der Waals surface area contributed by atoms with Gasteiger partial charge in [0.2, 0.25) is 10.0 Å². The fraction of sp³-hybridized carbons (Fsp3) is 0.467. The van der Waals surface area contributed by atoms with Gasteiger partial charge in [0.15, 0.2) is 0 Å². The zero-order valence-electron chi connectivity index (χ0n) is 12.4. The number of hydrogen-bond donors (Lipinski definition) is 1. The van der Waals surface area contributed by atoms with E-state index in [1.165, 1.54) is 10.4 Å². The lowest BCUT2D eigenvalue weighted by Gasteiger charge is -2.21. The molecule has 6 heteroatoms. The molecular formula is C15H21ClN2O2S. The van der Waals surface area contributed by atoms with Crippen molar-refractivity contribution in [3.63, 3.8) is 0 Å². The Kier molecular flexibility index (Phi) is 7.20. The summed E-state index contributed by atoms with van der Waals surface area (Å²) in [6.07, 6.45) is 1.52. The highest BCUT2D eigenvalue weighted by Crippen LogP contribution is 2.26. The maximum Gasteiger partial charge on any atom is 0.244 e. The minimum Gasteiger partial charge on any atom is -0.320 e. The van der Waals surface area contributed by atoms with Crippen LogP contribution in [-0.2, 0) is 10.0 Å². The topological polar surface area (TPSA) is 63.4 Å². The van der Waals surface area contributed by atoms with Gasteiger partial charge in [-0.05, 0) is 31.0 Å². The molecule has 0 amide bonds. The van der Waals surface area contributed by atoms with Crippen molar-refractivity contribution in [2.24, 2.45) is 5.73 Å². The van der Waals surface area contributed by atoms with Crippen molar-refractivity contribution >= 4 is 21.6 Å². The molecule has 1 aromatic carbocycles. The fourth-order valence-electron chi connectivity index (χ4n) is 1.93. The highest BCUT2D eigenvalue weighted by Gasteiger charge is 2.25.